The number of fused-ring (bicyclic) bond motifs is 1. The number of hydrogen-bond donors (Lipinski definition) is 1. The summed E-state index contributed by atoms with van der Waals surface area (Å²) in [6.07, 6.45) is 0.673. The smallest absolute Gasteiger partial charge is 0.263 e. The zero-order valence-corrected chi connectivity index (χ0v) is 19.8. The van der Waals surface area contributed by atoms with Crippen LogP contribution >= 0.6 is 15.9 Å². The highest BCUT2D eigenvalue weighted by atomic mass is 79.9. The highest BCUT2D eigenvalue weighted by Crippen LogP contribution is 2.39. The molecule has 0 saturated carbocycles. The van der Waals surface area contributed by atoms with Crippen LogP contribution in [0.25, 0.3) is 0 Å². The van der Waals surface area contributed by atoms with Crippen LogP contribution < -0.4 is 19.1 Å². The topological polar surface area (TPSA) is 84.9 Å². The zero-order valence-electron chi connectivity index (χ0n) is 17.4. The van der Waals surface area contributed by atoms with Crippen LogP contribution in [-0.2, 0) is 21.2 Å². The molecule has 1 atom stereocenters. The Kier molecular flexibility index (Phi) is 6.62. The highest BCUT2D eigenvalue weighted by molar-refractivity contribution is 9.10. The molecule has 1 amide bonds. The van der Waals surface area contributed by atoms with E-state index in [0.29, 0.717) is 41.3 Å². The van der Waals surface area contributed by atoms with E-state index < -0.39 is 10.0 Å². The van der Waals surface area contributed by atoms with Gasteiger partial charge in [0.05, 0.1) is 18.9 Å². The molecule has 0 fully saturated rings. The van der Waals surface area contributed by atoms with Gasteiger partial charge in [0.1, 0.15) is 16.4 Å². The van der Waals surface area contributed by atoms with E-state index in [1.54, 1.807) is 35.2 Å². The first-order chi connectivity index (χ1) is 14.2. The third kappa shape index (κ3) is 4.41. The molecule has 1 aliphatic rings. The second-order valence-electron chi connectivity index (χ2n) is 6.98. The molecule has 2 aromatic rings. The monoisotopic (exact) mass is 496 g/mol. The van der Waals surface area contributed by atoms with E-state index in [1.807, 2.05) is 20.8 Å². The zero-order chi connectivity index (χ0) is 22.1. The number of ether oxygens (including phenoxy) is 2. The number of carbonyl (C=O) groups is 1. The standard InChI is InChI=1S/C21H25BrN2O5S/c1-5-28-16-7-8-20(29-6-2)18(11-16)23-30(26,27)21-12-19-15(10-17(21)22)9-13(3)24(19)14(4)25/h7-8,10-13,23H,5-6,9H2,1-4H3. The molecule has 0 aliphatic carbocycles. The van der Waals surface area contributed by atoms with Crippen LogP contribution in [0.1, 0.15) is 33.3 Å². The van der Waals surface area contributed by atoms with E-state index in [4.69, 9.17) is 9.47 Å². The van der Waals surface area contributed by atoms with Crippen molar-refractivity contribution < 1.29 is 22.7 Å². The molecule has 2 aromatic carbocycles. The summed E-state index contributed by atoms with van der Waals surface area (Å²) in [6.45, 7) is 7.93. The molecule has 1 N–H and O–H groups in total. The second-order valence-corrected chi connectivity index (χ2v) is 9.49. The average Bonchev–Trinajstić information content (AvgIpc) is 2.98. The van der Waals surface area contributed by atoms with E-state index in [1.165, 1.54) is 6.92 Å². The fourth-order valence-electron chi connectivity index (χ4n) is 3.63. The summed E-state index contributed by atoms with van der Waals surface area (Å²) in [5, 5.41) is 0. The van der Waals surface area contributed by atoms with Crippen LogP contribution in [-0.4, -0.2) is 33.6 Å². The minimum atomic E-state index is -3.98. The van der Waals surface area contributed by atoms with Crippen molar-refractivity contribution in [2.75, 3.05) is 22.8 Å². The predicted molar refractivity (Wildman–Crippen MR) is 120 cm³/mol. The van der Waals surface area contributed by atoms with Gasteiger partial charge in [0.15, 0.2) is 0 Å². The van der Waals surface area contributed by atoms with Crippen molar-refractivity contribution in [1.82, 2.24) is 0 Å². The number of amides is 1. The number of anilines is 2. The molecule has 1 unspecified atom stereocenters. The fraction of sp³-hybridized carbons (Fsp3) is 0.381. The maximum absolute atomic E-state index is 13.3. The molecular formula is C21H25BrN2O5S. The van der Waals surface area contributed by atoms with Gasteiger partial charge in [-0.1, -0.05) is 0 Å². The maximum atomic E-state index is 13.3. The van der Waals surface area contributed by atoms with E-state index in [0.717, 1.165) is 5.56 Å². The summed E-state index contributed by atoms with van der Waals surface area (Å²) in [6, 6.07) is 8.27. The first-order valence-electron chi connectivity index (χ1n) is 9.72. The van der Waals surface area contributed by atoms with Crippen LogP contribution in [0.3, 0.4) is 0 Å². The van der Waals surface area contributed by atoms with Gasteiger partial charge in [-0.3, -0.25) is 9.52 Å². The minimum Gasteiger partial charge on any atom is -0.494 e. The SMILES string of the molecule is CCOc1ccc(OCC)c(NS(=O)(=O)c2cc3c(cc2Br)CC(C)N3C(C)=O)c1. The van der Waals surface area contributed by atoms with Gasteiger partial charge in [0.25, 0.3) is 10.0 Å². The van der Waals surface area contributed by atoms with E-state index in [2.05, 4.69) is 20.7 Å². The van der Waals surface area contributed by atoms with Crippen LogP contribution in [0.2, 0.25) is 0 Å². The van der Waals surface area contributed by atoms with Gasteiger partial charge >= 0.3 is 0 Å². The van der Waals surface area contributed by atoms with E-state index in [9.17, 15) is 13.2 Å². The molecule has 7 nitrogen and oxygen atoms in total. The maximum Gasteiger partial charge on any atom is 0.263 e. The number of benzene rings is 2. The second kappa shape index (κ2) is 8.85. The number of nitrogens with zero attached hydrogens (tertiary/aromatic N) is 1. The Morgan fingerprint density at radius 3 is 2.53 bits per heavy atom. The first kappa shape index (κ1) is 22.4. The van der Waals surface area contributed by atoms with Gasteiger partial charge in [-0.15, -0.1) is 0 Å². The Bertz CT molecular complexity index is 1070. The fourth-order valence-corrected chi connectivity index (χ4v) is 5.80. The van der Waals surface area contributed by atoms with Gasteiger partial charge in [-0.2, -0.15) is 0 Å². The molecule has 0 bridgehead atoms. The number of rotatable bonds is 7. The summed E-state index contributed by atoms with van der Waals surface area (Å²) in [5.74, 6) is 0.812. The lowest BCUT2D eigenvalue weighted by Gasteiger charge is -2.21. The van der Waals surface area contributed by atoms with Crippen LogP contribution in [0, 0.1) is 0 Å². The minimum absolute atomic E-state index is 0.0252. The molecular weight excluding hydrogens is 472 g/mol. The quantitative estimate of drug-likeness (QED) is 0.615. The average molecular weight is 497 g/mol. The molecule has 0 spiro atoms. The summed E-state index contributed by atoms with van der Waals surface area (Å²) in [5.41, 5.74) is 1.83. The molecule has 1 aliphatic heterocycles. The van der Waals surface area contributed by atoms with E-state index in [-0.39, 0.29) is 22.5 Å². The van der Waals surface area contributed by atoms with Crippen molar-refractivity contribution in [3.63, 3.8) is 0 Å². The van der Waals surface area contributed by atoms with Gasteiger partial charge in [-0.05, 0) is 73.0 Å². The molecule has 9 heteroatoms. The summed E-state index contributed by atoms with van der Waals surface area (Å²) < 4.78 is 40.6. The van der Waals surface area contributed by atoms with Crippen molar-refractivity contribution in [2.24, 2.45) is 0 Å². The lowest BCUT2D eigenvalue weighted by Crippen LogP contribution is -2.33. The predicted octanol–water partition coefficient (Wildman–Crippen LogP) is 4.34. The third-order valence-electron chi connectivity index (χ3n) is 4.78. The Morgan fingerprint density at radius 1 is 1.20 bits per heavy atom. The summed E-state index contributed by atoms with van der Waals surface area (Å²) in [4.78, 5) is 13.8. The number of halogens is 1. The Hall–Kier alpha value is -2.26. The molecule has 30 heavy (non-hydrogen) atoms. The number of carbonyl (C=O) groups excluding carboxylic acids is 1. The Morgan fingerprint density at radius 2 is 1.90 bits per heavy atom. The van der Waals surface area contributed by atoms with Crippen LogP contribution in [0.4, 0.5) is 11.4 Å². The van der Waals surface area contributed by atoms with Crippen molar-refractivity contribution in [2.45, 2.75) is 45.1 Å². The lowest BCUT2D eigenvalue weighted by molar-refractivity contribution is -0.116. The van der Waals surface area contributed by atoms with Crippen molar-refractivity contribution in [3.8, 4) is 11.5 Å². The molecule has 3 rings (SSSR count). The number of nitrogens with one attached hydrogen (secondary N) is 1. The first-order valence-corrected chi connectivity index (χ1v) is 12.0. The Balaban J connectivity index is 2.03. The van der Waals surface area contributed by atoms with Gasteiger partial charge in [-0.25, -0.2) is 8.42 Å². The number of sulfonamides is 1. The van der Waals surface area contributed by atoms with Gasteiger partial charge in [0, 0.05) is 29.2 Å². The third-order valence-corrected chi connectivity index (χ3v) is 7.11. The number of hydrogen-bond acceptors (Lipinski definition) is 5. The largest absolute Gasteiger partial charge is 0.494 e. The molecule has 0 radical (unpaired) electrons. The summed E-state index contributed by atoms with van der Waals surface area (Å²) in [7, 11) is -3.98. The van der Waals surface area contributed by atoms with Crippen molar-refractivity contribution in [3.05, 3.63) is 40.4 Å². The highest BCUT2D eigenvalue weighted by Gasteiger charge is 2.32. The van der Waals surface area contributed by atoms with Crippen LogP contribution in [0.5, 0.6) is 11.5 Å². The van der Waals surface area contributed by atoms with Crippen LogP contribution in [0.15, 0.2) is 39.7 Å². The lowest BCUT2D eigenvalue weighted by atomic mass is 10.1. The molecule has 0 aromatic heterocycles. The summed E-state index contributed by atoms with van der Waals surface area (Å²) >= 11 is 3.39. The van der Waals surface area contributed by atoms with Crippen molar-refractivity contribution in [1.29, 1.82) is 0 Å². The molecule has 1 heterocycles. The van der Waals surface area contributed by atoms with Gasteiger partial charge in [0.2, 0.25) is 5.91 Å². The van der Waals surface area contributed by atoms with Crippen molar-refractivity contribution >= 4 is 43.2 Å². The normalized spacial score (nSPS) is 15.6. The van der Waals surface area contributed by atoms with Gasteiger partial charge < -0.3 is 14.4 Å². The van der Waals surface area contributed by atoms with E-state index >= 15 is 0 Å². The molecule has 162 valence electrons. The molecule has 0 saturated heterocycles. The Labute approximate surface area is 185 Å².